The van der Waals surface area contributed by atoms with E-state index in [0.717, 1.165) is 30.1 Å². The van der Waals surface area contributed by atoms with E-state index in [4.69, 9.17) is 4.42 Å². The molecule has 18 heavy (non-hydrogen) atoms. The number of furan rings is 1. The molecule has 0 saturated heterocycles. The Balaban J connectivity index is 2.26. The van der Waals surface area contributed by atoms with Gasteiger partial charge < -0.3 is 9.73 Å². The summed E-state index contributed by atoms with van der Waals surface area (Å²) in [6.07, 6.45) is 3.14. The second-order valence-electron chi connectivity index (χ2n) is 4.46. The second kappa shape index (κ2) is 6.30. The molecule has 98 valence electrons. The van der Waals surface area contributed by atoms with Gasteiger partial charge >= 0.3 is 0 Å². The summed E-state index contributed by atoms with van der Waals surface area (Å²) in [5, 5.41) is 4.78. The van der Waals surface area contributed by atoms with Crippen molar-refractivity contribution >= 4 is 22.7 Å². The highest BCUT2D eigenvalue weighted by Gasteiger charge is 2.17. The zero-order valence-electron chi connectivity index (χ0n) is 11.3. The highest BCUT2D eigenvalue weighted by Crippen LogP contribution is 2.30. The van der Waals surface area contributed by atoms with E-state index in [9.17, 15) is 0 Å². The predicted molar refractivity (Wildman–Crippen MR) is 80.4 cm³/mol. The summed E-state index contributed by atoms with van der Waals surface area (Å²) < 4.78 is 6.01. The van der Waals surface area contributed by atoms with E-state index in [1.54, 1.807) is 0 Å². The molecule has 2 rings (SSSR count). The molecule has 0 radical (unpaired) electrons. The van der Waals surface area contributed by atoms with Crippen molar-refractivity contribution in [3.8, 4) is 0 Å². The van der Waals surface area contributed by atoms with E-state index in [1.807, 2.05) is 23.9 Å². The Hall–Kier alpha value is -0.930. The Morgan fingerprint density at radius 2 is 2.11 bits per heavy atom. The number of hydrogen-bond acceptors (Lipinski definition) is 3. The fraction of sp³-hybridized carbons (Fsp3) is 0.467. The van der Waals surface area contributed by atoms with Gasteiger partial charge in [-0.2, -0.15) is 11.8 Å². The SMILES string of the molecule is CCc1c(C(C)NCCSC)oc2ccccc12. The van der Waals surface area contributed by atoms with E-state index in [2.05, 4.69) is 37.6 Å². The third-order valence-corrected chi connectivity index (χ3v) is 3.85. The molecule has 1 aromatic heterocycles. The van der Waals surface area contributed by atoms with Crippen molar-refractivity contribution in [1.82, 2.24) is 5.32 Å². The summed E-state index contributed by atoms with van der Waals surface area (Å²) in [7, 11) is 0. The van der Waals surface area contributed by atoms with Crippen molar-refractivity contribution in [2.24, 2.45) is 0 Å². The first-order valence-corrected chi connectivity index (χ1v) is 7.90. The van der Waals surface area contributed by atoms with Crippen LogP contribution < -0.4 is 5.32 Å². The lowest BCUT2D eigenvalue weighted by Crippen LogP contribution is -2.21. The summed E-state index contributed by atoms with van der Waals surface area (Å²) in [5.41, 5.74) is 2.35. The Bertz CT molecular complexity index is 506. The summed E-state index contributed by atoms with van der Waals surface area (Å²) in [6, 6.07) is 8.58. The van der Waals surface area contributed by atoms with Crippen LogP contribution in [0.5, 0.6) is 0 Å². The van der Waals surface area contributed by atoms with Gasteiger partial charge in [-0.05, 0) is 25.7 Å². The molecule has 0 saturated carbocycles. The maximum atomic E-state index is 6.01. The minimum absolute atomic E-state index is 0.277. The minimum atomic E-state index is 0.277. The molecule has 3 heteroatoms. The maximum Gasteiger partial charge on any atom is 0.134 e. The van der Waals surface area contributed by atoms with E-state index in [0.29, 0.717) is 0 Å². The zero-order chi connectivity index (χ0) is 13.0. The summed E-state index contributed by atoms with van der Waals surface area (Å²) in [6.45, 7) is 5.38. The quantitative estimate of drug-likeness (QED) is 0.797. The van der Waals surface area contributed by atoms with Crippen LogP contribution in [0, 0.1) is 0 Å². The maximum absolute atomic E-state index is 6.01. The smallest absolute Gasteiger partial charge is 0.134 e. The molecule has 0 aliphatic rings. The third-order valence-electron chi connectivity index (χ3n) is 3.23. The number of fused-ring (bicyclic) bond motifs is 1. The molecule has 1 heterocycles. The largest absolute Gasteiger partial charge is 0.459 e. The number of para-hydroxylation sites is 1. The van der Waals surface area contributed by atoms with Crippen molar-refractivity contribution in [3.05, 3.63) is 35.6 Å². The number of benzene rings is 1. The molecular formula is C15H21NOS. The molecule has 1 aromatic carbocycles. The lowest BCUT2D eigenvalue weighted by atomic mass is 10.1. The van der Waals surface area contributed by atoms with Crippen molar-refractivity contribution < 1.29 is 4.42 Å². The van der Waals surface area contributed by atoms with Gasteiger partial charge in [0.2, 0.25) is 0 Å². The summed E-state index contributed by atoms with van der Waals surface area (Å²) in [4.78, 5) is 0. The van der Waals surface area contributed by atoms with Crippen molar-refractivity contribution in [1.29, 1.82) is 0 Å². The highest BCUT2D eigenvalue weighted by molar-refractivity contribution is 7.98. The number of nitrogens with one attached hydrogen (secondary N) is 1. The topological polar surface area (TPSA) is 25.2 Å². The van der Waals surface area contributed by atoms with E-state index in [-0.39, 0.29) is 6.04 Å². The number of hydrogen-bond donors (Lipinski definition) is 1. The van der Waals surface area contributed by atoms with Gasteiger partial charge in [-0.15, -0.1) is 0 Å². The van der Waals surface area contributed by atoms with Gasteiger partial charge in [-0.1, -0.05) is 25.1 Å². The Kier molecular flexibility index (Phi) is 4.72. The van der Waals surface area contributed by atoms with Gasteiger partial charge in [0.1, 0.15) is 11.3 Å². The molecule has 2 nitrogen and oxygen atoms in total. The molecule has 1 N–H and O–H groups in total. The van der Waals surface area contributed by atoms with Crippen molar-refractivity contribution in [2.75, 3.05) is 18.6 Å². The monoisotopic (exact) mass is 263 g/mol. The van der Waals surface area contributed by atoms with Gasteiger partial charge in [0.25, 0.3) is 0 Å². The molecule has 0 aliphatic heterocycles. The number of aryl methyl sites for hydroxylation is 1. The van der Waals surface area contributed by atoms with Crippen molar-refractivity contribution in [3.63, 3.8) is 0 Å². The fourth-order valence-corrected chi connectivity index (χ4v) is 2.62. The molecular weight excluding hydrogens is 242 g/mol. The molecule has 2 aromatic rings. The lowest BCUT2D eigenvalue weighted by molar-refractivity contribution is 0.455. The second-order valence-corrected chi connectivity index (χ2v) is 5.45. The lowest BCUT2D eigenvalue weighted by Gasteiger charge is -2.12. The van der Waals surface area contributed by atoms with Crippen LogP contribution in [0.25, 0.3) is 11.0 Å². The third kappa shape index (κ3) is 2.73. The standard InChI is InChI=1S/C15H21NOS/c1-4-12-13-7-5-6-8-14(13)17-15(12)11(2)16-9-10-18-3/h5-8,11,16H,4,9-10H2,1-3H3. The van der Waals surface area contributed by atoms with Crippen LogP contribution in [0.15, 0.2) is 28.7 Å². The van der Waals surface area contributed by atoms with Gasteiger partial charge in [-0.25, -0.2) is 0 Å². The summed E-state index contributed by atoms with van der Waals surface area (Å²) in [5.74, 6) is 2.23. The van der Waals surface area contributed by atoms with E-state index in [1.165, 1.54) is 10.9 Å². The Labute approximate surface area is 113 Å². The average Bonchev–Trinajstić information content (AvgIpc) is 2.77. The summed E-state index contributed by atoms with van der Waals surface area (Å²) >= 11 is 1.86. The molecule has 0 amide bonds. The van der Waals surface area contributed by atoms with Gasteiger partial charge in [-0.3, -0.25) is 0 Å². The fourth-order valence-electron chi connectivity index (χ4n) is 2.30. The molecule has 0 bridgehead atoms. The van der Waals surface area contributed by atoms with Crippen LogP contribution >= 0.6 is 11.8 Å². The molecule has 0 aliphatic carbocycles. The first-order chi connectivity index (χ1) is 8.77. The van der Waals surface area contributed by atoms with Gasteiger partial charge in [0, 0.05) is 23.2 Å². The molecule has 1 atom stereocenters. The van der Waals surface area contributed by atoms with E-state index >= 15 is 0 Å². The molecule has 0 spiro atoms. The van der Waals surface area contributed by atoms with Gasteiger partial charge in [0.05, 0.1) is 6.04 Å². The molecule has 0 fully saturated rings. The van der Waals surface area contributed by atoms with Crippen LogP contribution in [0.3, 0.4) is 0 Å². The van der Waals surface area contributed by atoms with Crippen LogP contribution in [-0.2, 0) is 6.42 Å². The highest BCUT2D eigenvalue weighted by atomic mass is 32.2. The minimum Gasteiger partial charge on any atom is -0.459 e. The number of rotatable bonds is 6. The van der Waals surface area contributed by atoms with Crippen LogP contribution in [0.4, 0.5) is 0 Å². The van der Waals surface area contributed by atoms with E-state index < -0.39 is 0 Å². The number of thioether (sulfide) groups is 1. The van der Waals surface area contributed by atoms with Gasteiger partial charge in [0.15, 0.2) is 0 Å². The average molecular weight is 263 g/mol. The Morgan fingerprint density at radius 3 is 2.83 bits per heavy atom. The van der Waals surface area contributed by atoms with Crippen LogP contribution in [-0.4, -0.2) is 18.6 Å². The molecule has 1 unspecified atom stereocenters. The van der Waals surface area contributed by atoms with Crippen molar-refractivity contribution in [2.45, 2.75) is 26.3 Å². The first kappa shape index (κ1) is 13.5. The zero-order valence-corrected chi connectivity index (χ0v) is 12.1. The predicted octanol–water partition coefficient (Wildman–Crippen LogP) is 4.01. The Morgan fingerprint density at radius 1 is 1.33 bits per heavy atom. The van der Waals surface area contributed by atoms with Crippen LogP contribution in [0.1, 0.15) is 31.2 Å². The normalized spacial score (nSPS) is 13.1. The first-order valence-electron chi connectivity index (χ1n) is 6.50. The van der Waals surface area contributed by atoms with Crippen LogP contribution in [0.2, 0.25) is 0 Å².